The molecule has 6 N–H and O–H groups in total. The Hall–Kier alpha value is -4.20. The second-order valence-corrected chi connectivity index (χ2v) is 16.6. The van der Waals surface area contributed by atoms with Gasteiger partial charge in [0, 0.05) is 84.0 Å². The lowest BCUT2D eigenvalue weighted by molar-refractivity contribution is -0.203. The number of carbonyl (C=O) groups excluding carboxylic acids is 2. The van der Waals surface area contributed by atoms with Crippen LogP contribution in [-0.2, 0) is 31.7 Å². The van der Waals surface area contributed by atoms with Crippen LogP contribution in [0.1, 0.15) is 61.9 Å². The van der Waals surface area contributed by atoms with Gasteiger partial charge in [0.15, 0.2) is 5.60 Å². The molecule has 286 valence electrons. The third kappa shape index (κ3) is 4.20. The number of ether oxygens (including phenoxy) is 2. The summed E-state index contributed by atoms with van der Waals surface area (Å²) in [5.41, 5.74) is 3.36. The number of aromatic nitrogens is 1. The van der Waals surface area contributed by atoms with E-state index < -0.39 is 39.9 Å². The first-order chi connectivity index (χ1) is 26.0. The van der Waals surface area contributed by atoms with Gasteiger partial charge in [-0.2, -0.15) is 0 Å². The van der Waals surface area contributed by atoms with E-state index in [0.29, 0.717) is 50.2 Å². The van der Waals surface area contributed by atoms with Crippen molar-refractivity contribution >= 4 is 28.5 Å². The second kappa shape index (κ2) is 12.1. The minimum absolute atomic E-state index is 0.0419. The molecule has 6 aliphatic rings. The fourth-order valence-electron chi connectivity index (χ4n) is 12.5. The number of nitrogens with two attached hydrogens (primary N) is 1. The number of carbonyl (C=O) groups is 2. The highest BCUT2D eigenvalue weighted by molar-refractivity contribution is 5.95. The number of amides is 1. The lowest BCUT2D eigenvalue weighted by Crippen LogP contribution is -2.82. The van der Waals surface area contributed by atoms with E-state index in [1.165, 1.54) is 12.7 Å². The Morgan fingerprint density at radius 1 is 1.11 bits per heavy atom. The molecule has 2 bridgehead atoms. The summed E-state index contributed by atoms with van der Waals surface area (Å²) in [5.74, 6) is 5.17. The summed E-state index contributed by atoms with van der Waals surface area (Å²) in [6.45, 7) is 7.92. The van der Waals surface area contributed by atoms with Crippen LogP contribution in [0, 0.1) is 11.3 Å². The zero-order valence-corrected chi connectivity index (χ0v) is 31.8. The van der Waals surface area contributed by atoms with Crippen LogP contribution in [0.2, 0.25) is 0 Å². The van der Waals surface area contributed by atoms with Crippen molar-refractivity contribution < 1.29 is 29.3 Å². The van der Waals surface area contributed by atoms with Crippen LogP contribution in [0.5, 0.6) is 5.75 Å². The van der Waals surface area contributed by atoms with Crippen molar-refractivity contribution in [2.75, 3.05) is 52.3 Å². The number of benzene rings is 2. The van der Waals surface area contributed by atoms with Gasteiger partial charge in [0.1, 0.15) is 17.3 Å². The Balaban J connectivity index is 1.37. The fourth-order valence-corrected chi connectivity index (χ4v) is 12.5. The lowest BCUT2D eigenvalue weighted by atomic mass is 9.47. The van der Waals surface area contributed by atoms with Crippen LogP contribution in [0.15, 0.2) is 60.2 Å². The van der Waals surface area contributed by atoms with Crippen LogP contribution in [0.3, 0.4) is 0 Å². The van der Waals surface area contributed by atoms with E-state index in [4.69, 9.17) is 15.3 Å². The highest BCUT2D eigenvalue weighted by Crippen LogP contribution is 2.67. The van der Waals surface area contributed by atoms with Crippen LogP contribution in [0.25, 0.3) is 10.9 Å². The molecule has 1 aromatic heterocycles. The van der Waals surface area contributed by atoms with Gasteiger partial charge in [-0.3, -0.25) is 24.8 Å². The molecule has 2 aromatic carbocycles. The average Bonchev–Trinajstić information content (AvgIpc) is 3.84. The maximum Gasteiger partial charge on any atom is 0.322 e. The highest BCUT2D eigenvalue weighted by Gasteiger charge is 2.78. The lowest BCUT2D eigenvalue weighted by Gasteiger charge is -2.63. The number of methoxy groups -OCH3 is 2. The third-order valence-electron chi connectivity index (χ3n) is 14.5. The van der Waals surface area contributed by atoms with Gasteiger partial charge in [0.25, 0.3) is 5.91 Å². The van der Waals surface area contributed by atoms with Crippen molar-refractivity contribution in [3.05, 3.63) is 82.6 Å². The zero-order valence-electron chi connectivity index (χ0n) is 31.8. The first-order valence-electron chi connectivity index (χ1n) is 19.4. The smallest absolute Gasteiger partial charge is 0.322 e. The Labute approximate surface area is 315 Å². The Morgan fingerprint density at radius 2 is 1.91 bits per heavy atom. The molecule has 6 heterocycles. The van der Waals surface area contributed by atoms with Gasteiger partial charge in [0.2, 0.25) is 0 Å². The molecular weight excluding hydrogens is 684 g/mol. The van der Waals surface area contributed by atoms with E-state index in [1.807, 2.05) is 49.2 Å². The number of likely N-dealkylation sites (N-methyl/N-ethyl adjacent to an activating group) is 1. The molecule has 12 heteroatoms. The van der Waals surface area contributed by atoms with Gasteiger partial charge in [-0.15, -0.1) is 0 Å². The molecule has 1 saturated heterocycles. The van der Waals surface area contributed by atoms with Gasteiger partial charge in [-0.1, -0.05) is 55.8 Å². The Morgan fingerprint density at radius 3 is 2.63 bits per heavy atom. The average molecular weight is 737 g/mol. The summed E-state index contributed by atoms with van der Waals surface area (Å²) in [4.78, 5) is 39.6. The van der Waals surface area contributed by atoms with E-state index in [0.717, 1.165) is 52.9 Å². The first-order valence-corrected chi connectivity index (χ1v) is 19.4. The number of aliphatic hydroxyl groups excluding tert-OH is 1. The maximum atomic E-state index is 15.1. The number of anilines is 1. The molecule has 2 fully saturated rings. The summed E-state index contributed by atoms with van der Waals surface area (Å²) >= 11 is 0. The van der Waals surface area contributed by atoms with Crippen LogP contribution in [0.4, 0.5) is 5.69 Å². The van der Waals surface area contributed by atoms with Gasteiger partial charge in [-0.25, -0.2) is 5.84 Å². The largest absolute Gasteiger partial charge is 0.496 e. The monoisotopic (exact) mass is 736 g/mol. The summed E-state index contributed by atoms with van der Waals surface area (Å²) < 4.78 is 12.2. The predicted molar refractivity (Wildman–Crippen MR) is 205 cm³/mol. The molecule has 9 rings (SSSR count). The fraction of sp³-hybridized carbons (Fsp3) is 0.524. The van der Waals surface area contributed by atoms with E-state index in [9.17, 15) is 15.0 Å². The third-order valence-corrected chi connectivity index (χ3v) is 14.5. The van der Waals surface area contributed by atoms with Crippen LogP contribution in [-0.4, -0.2) is 108 Å². The van der Waals surface area contributed by atoms with Crippen molar-refractivity contribution in [3.63, 3.8) is 0 Å². The summed E-state index contributed by atoms with van der Waals surface area (Å²) in [5, 5.41) is 26.3. The number of esters is 1. The standard InChI is InChI=1S/C42H52N6O6/c1-6-24-17-25-20-41(38(51)54-5,33-27(23-47(21-24)22-25)26-11-8-9-12-30(26)44-33)29-18-28-31(19-32(29)53-4)46(3)35-40(28)14-16-48-15-10-13-39(7-2,34(40)48)36(49)42(35,52)37(50)45-43/h8-13,17-19,25,34-36,44,49,52H,6-7,14-16,20-23,43H2,1-5H3,(H,45,50)/t25-,34-,35+,36+,39+,40+,41-,42-/m0/s1. The summed E-state index contributed by atoms with van der Waals surface area (Å²) in [6, 6.07) is 11.2. The van der Waals surface area contributed by atoms with Crippen molar-refractivity contribution in [2.24, 2.45) is 17.2 Å². The molecule has 5 aliphatic heterocycles. The molecule has 9 atom stereocenters. The minimum Gasteiger partial charge on any atom is -0.496 e. The zero-order chi connectivity index (χ0) is 37.9. The number of aliphatic hydroxyl groups is 2. The normalized spacial score (nSPS) is 36.3. The second-order valence-electron chi connectivity index (χ2n) is 16.6. The molecular formula is C42H52N6O6. The quantitative estimate of drug-likeness (QED) is 0.0839. The van der Waals surface area contributed by atoms with E-state index in [-0.39, 0.29) is 17.9 Å². The summed E-state index contributed by atoms with van der Waals surface area (Å²) in [7, 11) is 4.95. The number of hydrogen-bond acceptors (Lipinski definition) is 10. The number of nitrogens with zero attached hydrogens (tertiary/aromatic N) is 3. The van der Waals surface area contributed by atoms with Gasteiger partial charge in [-0.05, 0) is 61.4 Å². The Bertz CT molecular complexity index is 2130. The number of H-pyrrole nitrogens is 1. The molecule has 54 heavy (non-hydrogen) atoms. The molecule has 1 saturated carbocycles. The van der Waals surface area contributed by atoms with E-state index in [1.54, 1.807) is 7.11 Å². The number of hydrazine groups is 1. The molecule has 0 radical (unpaired) electrons. The minimum atomic E-state index is -2.28. The topological polar surface area (TPSA) is 157 Å². The van der Waals surface area contributed by atoms with E-state index >= 15 is 4.79 Å². The van der Waals surface area contributed by atoms with Gasteiger partial charge in [0.05, 0.1) is 20.3 Å². The van der Waals surface area contributed by atoms with Gasteiger partial charge >= 0.3 is 5.97 Å². The van der Waals surface area contributed by atoms with Crippen molar-refractivity contribution in [1.82, 2.24) is 20.2 Å². The first kappa shape index (κ1) is 35.5. The molecule has 1 aliphatic carbocycles. The number of fused-ring (bicyclic) bond motifs is 6. The summed E-state index contributed by atoms with van der Waals surface area (Å²) in [6.07, 6.45) is 7.44. The SMILES string of the molecule is CCC1=C[C@@H]2CN(C1)Cc1c([nH]c3ccccc13)[C@@](C(=O)OC)(c1cc3c(cc1OC)N(C)[C@H]1[C@@](O)(C(=O)NN)[C@H](O)[C@]4(CC)C=CCN5CC[C@]31[C@@H]54)C2. The van der Waals surface area contributed by atoms with Crippen LogP contribution < -0.4 is 20.9 Å². The van der Waals surface area contributed by atoms with Crippen LogP contribution >= 0.6 is 0 Å². The molecule has 1 unspecified atom stereocenters. The number of rotatable bonds is 6. The van der Waals surface area contributed by atoms with E-state index in [2.05, 4.69) is 51.4 Å². The number of hydrogen-bond donors (Lipinski definition) is 5. The number of para-hydroxylation sites is 1. The molecule has 1 spiro atoms. The predicted octanol–water partition coefficient (Wildman–Crippen LogP) is 3.00. The van der Waals surface area contributed by atoms with Crippen molar-refractivity contribution in [2.45, 2.75) is 80.7 Å². The number of aromatic amines is 1. The van der Waals surface area contributed by atoms with Gasteiger partial charge < -0.3 is 29.6 Å². The Kier molecular flexibility index (Phi) is 7.99. The van der Waals surface area contributed by atoms with Crippen molar-refractivity contribution in [1.29, 1.82) is 0 Å². The maximum absolute atomic E-state index is 15.1. The molecule has 1 amide bonds. The van der Waals surface area contributed by atoms with Crippen molar-refractivity contribution in [3.8, 4) is 5.75 Å². The number of nitrogens with one attached hydrogen (secondary N) is 2. The molecule has 3 aromatic rings. The molecule has 12 nitrogen and oxygen atoms in total. The highest BCUT2D eigenvalue weighted by atomic mass is 16.5.